The summed E-state index contributed by atoms with van der Waals surface area (Å²) in [7, 11) is 0. The Hall–Kier alpha value is -1.82. The molecule has 0 amide bonds. The Morgan fingerprint density at radius 3 is 2.15 bits per heavy atom. The maximum absolute atomic E-state index is 2.43. The minimum absolute atomic E-state index is 0.787. The highest BCUT2D eigenvalue weighted by Gasteiger charge is 2.35. The van der Waals surface area contributed by atoms with E-state index in [1.807, 2.05) is 0 Å². The number of hydrogen-bond acceptors (Lipinski definition) is 0. The summed E-state index contributed by atoms with van der Waals surface area (Å²) in [6.07, 6.45) is 24.2. The van der Waals surface area contributed by atoms with Crippen LogP contribution in [-0.2, 0) is 6.42 Å². The molecule has 0 N–H and O–H groups in total. The molecule has 2 aliphatic rings. The summed E-state index contributed by atoms with van der Waals surface area (Å²) in [4.78, 5) is 0. The second-order valence-electron chi connectivity index (χ2n) is 11.3. The SMILES string of the molecule is C/C=C/CCc1ccc(-c2ccc(C3CCC4CC(CCCCCCC)CCC4C3)cc2)cc1. The van der Waals surface area contributed by atoms with Gasteiger partial charge >= 0.3 is 0 Å². The van der Waals surface area contributed by atoms with Crippen molar-refractivity contribution in [1.82, 2.24) is 0 Å². The lowest BCUT2D eigenvalue weighted by Crippen LogP contribution is -2.30. The Balaban J connectivity index is 1.25. The quantitative estimate of drug-likeness (QED) is 0.233. The molecule has 4 rings (SSSR count). The maximum Gasteiger partial charge on any atom is -0.0159 e. The van der Waals surface area contributed by atoms with E-state index in [4.69, 9.17) is 0 Å². The number of aryl methyl sites for hydroxylation is 1. The topological polar surface area (TPSA) is 0 Å². The third-order valence-corrected chi connectivity index (χ3v) is 8.94. The van der Waals surface area contributed by atoms with Crippen molar-refractivity contribution in [2.24, 2.45) is 17.8 Å². The molecule has 0 aliphatic heterocycles. The zero-order valence-corrected chi connectivity index (χ0v) is 22.0. The predicted molar refractivity (Wildman–Crippen MR) is 149 cm³/mol. The molecule has 2 aliphatic carbocycles. The summed E-state index contributed by atoms with van der Waals surface area (Å²) in [6, 6.07) is 18.8. The van der Waals surface area contributed by atoms with E-state index < -0.39 is 0 Å². The van der Waals surface area contributed by atoms with Gasteiger partial charge in [-0.25, -0.2) is 0 Å². The van der Waals surface area contributed by atoms with Crippen LogP contribution in [-0.4, -0.2) is 0 Å². The van der Waals surface area contributed by atoms with Crippen LogP contribution in [0.3, 0.4) is 0 Å². The minimum atomic E-state index is 0.787. The molecule has 2 fully saturated rings. The molecule has 0 bridgehead atoms. The molecule has 0 heteroatoms. The molecule has 4 unspecified atom stereocenters. The molecule has 2 aromatic carbocycles. The Bertz CT molecular complexity index is 856. The van der Waals surface area contributed by atoms with Gasteiger partial charge in [0.05, 0.1) is 0 Å². The minimum Gasteiger partial charge on any atom is -0.0917 e. The molecule has 0 radical (unpaired) electrons. The number of allylic oxidation sites excluding steroid dienone is 2. The summed E-state index contributed by atoms with van der Waals surface area (Å²) in [6.45, 7) is 4.41. The van der Waals surface area contributed by atoms with Crippen molar-refractivity contribution in [1.29, 1.82) is 0 Å². The monoisotopic (exact) mass is 456 g/mol. The molecule has 184 valence electrons. The smallest absolute Gasteiger partial charge is 0.0159 e. The third-order valence-electron chi connectivity index (χ3n) is 8.94. The molecular weight excluding hydrogens is 408 g/mol. The maximum atomic E-state index is 2.43. The Labute approximate surface area is 210 Å². The lowest BCUT2D eigenvalue weighted by atomic mass is 9.63. The molecule has 0 aromatic heterocycles. The van der Waals surface area contributed by atoms with Gasteiger partial charge in [-0.05, 0) is 97.8 Å². The summed E-state index contributed by atoms with van der Waals surface area (Å²) >= 11 is 0. The Morgan fingerprint density at radius 1 is 0.735 bits per heavy atom. The molecule has 4 atom stereocenters. The van der Waals surface area contributed by atoms with Gasteiger partial charge in [0, 0.05) is 0 Å². The van der Waals surface area contributed by atoms with E-state index in [1.54, 1.807) is 5.56 Å². The molecule has 0 nitrogen and oxygen atoms in total. The van der Waals surface area contributed by atoms with Crippen LogP contribution < -0.4 is 0 Å². The van der Waals surface area contributed by atoms with Gasteiger partial charge in [0.15, 0.2) is 0 Å². The average molecular weight is 457 g/mol. The van der Waals surface area contributed by atoms with Crippen molar-refractivity contribution in [3.63, 3.8) is 0 Å². The zero-order valence-electron chi connectivity index (χ0n) is 22.0. The second kappa shape index (κ2) is 13.3. The fourth-order valence-corrected chi connectivity index (χ4v) is 6.82. The van der Waals surface area contributed by atoms with Crippen molar-refractivity contribution in [2.45, 2.75) is 110 Å². The summed E-state index contributed by atoms with van der Waals surface area (Å²) < 4.78 is 0. The molecule has 0 spiro atoms. The first-order chi connectivity index (χ1) is 16.8. The summed E-state index contributed by atoms with van der Waals surface area (Å²) in [5.74, 6) is 3.84. The predicted octanol–water partition coefficient (Wildman–Crippen LogP) is 10.5. The zero-order chi connectivity index (χ0) is 23.6. The van der Waals surface area contributed by atoms with Gasteiger partial charge in [-0.1, -0.05) is 113 Å². The van der Waals surface area contributed by atoms with Crippen LogP contribution in [0.1, 0.15) is 114 Å². The normalized spacial score (nSPS) is 24.9. The van der Waals surface area contributed by atoms with Gasteiger partial charge in [0.25, 0.3) is 0 Å². The van der Waals surface area contributed by atoms with Crippen molar-refractivity contribution < 1.29 is 0 Å². The number of unbranched alkanes of at least 4 members (excludes halogenated alkanes) is 4. The standard InChI is InChI=1S/C34H48/c1-3-5-7-8-10-12-28-15-18-34-26-33(24-23-32(34)25-28)31-21-19-30(20-22-31)29-16-13-27(14-17-29)11-9-6-4-2/h4,6,13-14,16-17,19-22,28,32-34H,3,5,7-12,15,18,23-26H2,1-2H3/b6-4+. The molecule has 2 saturated carbocycles. The number of fused-ring (bicyclic) bond motifs is 1. The van der Waals surface area contributed by atoms with E-state index >= 15 is 0 Å². The van der Waals surface area contributed by atoms with Crippen LogP contribution in [0.2, 0.25) is 0 Å². The third kappa shape index (κ3) is 7.10. The molecule has 0 saturated heterocycles. The van der Waals surface area contributed by atoms with E-state index in [0.29, 0.717) is 0 Å². The average Bonchev–Trinajstić information content (AvgIpc) is 2.89. The highest BCUT2D eigenvalue weighted by molar-refractivity contribution is 5.64. The van der Waals surface area contributed by atoms with Crippen molar-refractivity contribution in [3.05, 3.63) is 71.8 Å². The first kappa shape index (κ1) is 25.3. The number of benzene rings is 2. The van der Waals surface area contributed by atoms with Gasteiger partial charge in [0.2, 0.25) is 0 Å². The van der Waals surface area contributed by atoms with Crippen molar-refractivity contribution >= 4 is 0 Å². The van der Waals surface area contributed by atoms with Crippen LogP contribution in [0, 0.1) is 17.8 Å². The Kier molecular flexibility index (Phi) is 9.90. The second-order valence-corrected chi connectivity index (χ2v) is 11.3. The first-order valence-corrected chi connectivity index (χ1v) is 14.6. The van der Waals surface area contributed by atoms with E-state index in [-0.39, 0.29) is 0 Å². The fourth-order valence-electron chi connectivity index (χ4n) is 6.82. The lowest BCUT2D eigenvalue weighted by Gasteiger charge is -2.42. The first-order valence-electron chi connectivity index (χ1n) is 14.6. The van der Waals surface area contributed by atoms with Crippen LogP contribution in [0.15, 0.2) is 60.7 Å². The van der Waals surface area contributed by atoms with Crippen LogP contribution in [0.4, 0.5) is 0 Å². The molecule has 0 heterocycles. The van der Waals surface area contributed by atoms with E-state index in [2.05, 4.69) is 74.5 Å². The summed E-state index contributed by atoms with van der Waals surface area (Å²) in [5, 5.41) is 0. The van der Waals surface area contributed by atoms with Crippen molar-refractivity contribution in [2.75, 3.05) is 0 Å². The number of rotatable bonds is 11. The lowest BCUT2D eigenvalue weighted by molar-refractivity contribution is 0.113. The molecule has 2 aromatic rings. The van der Waals surface area contributed by atoms with Gasteiger partial charge in [-0.3, -0.25) is 0 Å². The highest BCUT2D eigenvalue weighted by atomic mass is 14.4. The van der Waals surface area contributed by atoms with Crippen LogP contribution in [0.25, 0.3) is 11.1 Å². The highest BCUT2D eigenvalue weighted by Crippen LogP contribution is 2.48. The van der Waals surface area contributed by atoms with E-state index in [1.165, 1.54) is 93.7 Å². The van der Waals surface area contributed by atoms with Gasteiger partial charge in [-0.2, -0.15) is 0 Å². The van der Waals surface area contributed by atoms with Gasteiger partial charge in [-0.15, -0.1) is 0 Å². The largest absolute Gasteiger partial charge is 0.0917 e. The summed E-state index contributed by atoms with van der Waals surface area (Å²) in [5.41, 5.74) is 5.72. The molecule has 34 heavy (non-hydrogen) atoms. The fraction of sp³-hybridized carbons (Fsp3) is 0.588. The van der Waals surface area contributed by atoms with Gasteiger partial charge < -0.3 is 0 Å². The van der Waals surface area contributed by atoms with Crippen molar-refractivity contribution in [3.8, 4) is 11.1 Å². The van der Waals surface area contributed by atoms with Crippen LogP contribution in [0.5, 0.6) is 0 Å². The Morgan fingerprint density at radius 2 is 1.41 bits per heavy atom. The van der Waals surface area contributed by atoms with Crippen LogP contribution >= 0.6 is 0 Å². The van der Waals surface area contributed by atoms with E-state index in [9.17, 15) is 0 Å². The van der Waals surface area contributed by atoms with Gasteiger partial charge in [0.1, 0.15) is 0 Å². The number of hydrogen-bond donors (Lipinski definition) is 0. The van der Waals surface area contributed by atoms with E-state index in [0.717, 1.165) is 36.5 Å². The molecular formula is C34H48.